The lowest BCUT2D eigenvalue weighted by Gasteiger charge is -2.08. The highest BCUT2D eigenvalue weighted by atomic mass is 33.1. The molecule has 0 aliphatic rings. The third kappa shape index (κ3) is 7.60. The Hall–Kier alpha value is -1.35. The lowest BCUT2D eigenvalue weighted by molar-refractivity contribution is 0.294. The van der Waals surface area contributed by atoms with Crippen LogP contribution in [0.25, 0.3) is 10.9 Å². The molecule has 0 atom stereocenters. The van der Waals surface area contributed by atoms with E-state index in [9.17, 15) is 8.42 Å². The number of unbranched alkanes of at least 4 members (excludes halogenated alkanes) is 2. The van der Waals surface area contributed by atoms with E-state index in [0.717, 1.165) is 42.3 Å². The third-order valence-electron chi connectivity index (χ3n) is 3.66. The smallest absolute Gasteiger partial charge is 0.319 e. The quantitative estimate of drug-likeness (QED) is 0.349. The topological polar surface area (TPSA) is 88.5 Å². The van der Waals surface area contributed by atoms with Crippen LogP contribution in [0.15, 0.2) is 30.3 Å². The summed E-state index contributed by atoms with van der Waals surface area (Å²) in [7, 11) is -3.37. The van der Waals surface area contributed by atoms with Gasteiger partial charge in [-0.05, 0) is 55.2 Å². The van der Waals surface area contributed by atoms with Gasteiger partial charge in [0.2, 0.25) is 5.88 Å². The number of hydrogen-bond acceptors (Lipinski definition) is 6. The summed E-state index contributed by atoms with van der Waals surface area (Å²) < 4.78 is 35.4. The van der Waals surface area contributed by atoms with Crippen LogP contribution in [0.5, 0.6) is 5.88 Å². The van der Waals surface area contributed by atoms with E-state index in [0.29, 0.717) is 35.6 Å². The van der Waals surface area contributed by atoms with Crippen molar-refractivity contribution in [3.8, 4) is 5.88 Å². The minimum Gasteiger partial charge on any atom is -0.478 e. The first-order valence-electron chi connectivity index (χ1n) is 8.27. The molecule has 1 aromatic heterocycles. The largest absolute Gasteiger partial charge is 0.478 e. The van der Waals surface area contributed by atoms with E-state index in [2.05, 4.69) is 23.3 Å². The molecule has 138 valence electrons. The third-order valence-corrected chi connectivity index (χ3v) is 5.72. The molecule has 0 bridgehead atoms. The van der Waals surface area contributed by atoms with Crippen LogP contribution >= 0.6 is 10.8 Å². The fourth-order valence-corrected chi connectivity index (χ4v) is 3.76. The van der Waals surface area contributed by atoms with Gasteiger partial charge in [-0.3, -0.25) is 4.55 Å². The fourth-order valence-electron chi connectivity index (χ4n) is 2.44. The Kier molecular flexibility index (Phi) is 7.95. The lowest BCUT2D eigenvalue weighted by Crippen LogP contribution is -2.19. The van der Waals surface area contributed by atoms with Crippen molar-refractivity contribution < 1.29 is 17.7 Å². The van der Waals surface area contributed by atoms with E-state index in [1.165, 1.54) is 0 Å². The number of aryl methyl sites for hydroxylation is 1. The van der Waals surface area contributed by atoms with Gasteiger partial charge in [0.1, 0.15) is 0 Å². The molecule has 0 amide bonds. The monoisotopic (exact) mass is 384 g/mol. The van der Waals surface area contributed by atoms with Crippen LogP contribution in [0.4, 0.5) is 0 Å². The minimum absolute atomic E-state index is 0.342. The van der Waals surface area contributed by atoms with Gasteiger partial charge < -0.3 is 10.1 Å². The van der Waals surface area contributed by atoms with Crippen LogP contribution in [0.2, 0.25) is 0 Å². The molecule has 0 fully saturated rings. The van der Waals surface area contributed by atoms with Gasteiger partial charge in [0, 0.05) is 23.8 Å². The standard InChI is InChI=1S/C17H24N2O4S2/c1-14-13-17(19-16-8-4-3-7-15(14)16)23-11-6-2-5-9-18-10-12-24-25(20,21)22/h3-4,7-8,13,18H,2,5-6,9-12H2,1H3,(H,20,21,22). The zero-order chi connectivity index (χ0) is 18.1. The summed E-state index contributed by atoms with van der Waals surface area (Å²) in [6, 6.07) is 9.99. The van der Waals surface area contributed by atoms with E-state index < -0.39 is 9.15 Å². The zero-order valence-electron chi connectivity index (χ0n) is 14.3. The Morgan fingerprint density at radius 1 is 1.20 bits per heavy atom. The van der Waals surface area contributed by atoms with Crippen molar-refractivity contribution in [1.82, 2.24) is 10.3 Å². The molecule has 25 heavy (non-hydrogen) atoms. The van der Waals surface area contributed by atoms with Gasteiger partial charge in [0.05, 0.1) is 12.1 Å². The van der Waals surface area contributed by atoms with E-state index in [4.69, 9.17) is 9.29 Å². The van der Waals surface area contributed by atoms with Crippen LogP contribution < -0.4 is 10.1 Å². The van der Waals surface area contributed by atoms with Crippen molar-refractivity contribution in [2.75, 3.05) is 25.4 Å². The molecule has 2 rings (SSSR count). The van der Waals surface area contributed by atoms with Gasteiger partial charge in [-0.2, -0.15) is 8.42 Å². The number of ether oxygens (including phenoxy) is 1. The highest BCUT2D eigenvalue weighted by Crippen LogP contribution is 2.21. The molecular weight excluding hydrogens is 360 g/mol. The number of hydrogen-bond donors (Lipinski definition) is 2. The first kappa shape index (κ1) is 20.0. The SMILES string of the molecule is Cc1cc(OCCCCCNCCSS(=O)(=O)O)nc2ccccc12. The minimum atomic E-state index is -3.92. The zero-order valence-corrected chi connectivity index (χ0v) is 15.9. The first-order valence-corrected chi connectivity index (χ1v) is 11.2. The van der Waals surface area contributed by atoms with Crippen LogP contribution in [0.1, 0.15) is 24.8 Å². The molecule has 0 radical (unpaired) electrons. The van der Waals surface area contributed by atoms with Crippen molar-refractivity contribution in [2.45, 2.75) is 26.2 Å². The summed E-state index contributed by atoms with van der Waals surface area (Å²) in [5, 5.41) is 4.29. The van der Waals surface area contributed by atoms with Gasteiger partial charge in [-0.15, -0.1) is 0 Å². The number of nitrogens with one attached hydrogen (secondary N) is 1. The van der Waals surface area contributed by atoms with E-state index in [1.54, 1.807) is 0 Å². The van der Waals surface area contributed by atoms with Gasteiger partial charge in [0.25, 0.3) is 0 Å². The Morgan fingerprint density at radius 3 is 2.80 bits per heavy atom. The van der Waals surface area contributed by atoms with Crippen molar-refractivity contribution in [1.29, 1.82) is 0 Å². The summed E-state index contributed by atoms with van der Waals surface area (Å²) in [5.74, 6) is 1.01. The van der Waals surface area contributed by atoms with Gasteiger partial charge in [-0.1, -0.05) is 18.2 Å². The molecule has 0 aliphatic heterocycles. The highest BCUT2D eigenvalue weighted by molar-refractivity contribution is 8.69. The second kappa shape index (κ2) is 9.96. The molecule has 2 aromatic rings. The Labute approximate surface area is 152 Å². The second-order valence-corrected chi connectivity index (χ2v) is 9.17. The van der Waals surface area contributed by atoms with Crippen LogP contribution in [0.3, 0.4) is 0 Å². The van der Waals surface area contributed by atoms with Crippen molar-refractivity contribution >= 4 is 30.8 Å². The van der Waals surface area contributed by atoms with Crippen LogP contribution in [-0.4, -0.2) is 43.4 Å². The molecule has 0 saturated heterocycles. The number of nitrogens with zero attached hydrogens (tertiary/aromatic N) is 1. The molecular formula is C17H24N2O4S2. The van der Waals surface area contributed by atoms with Crippen LogP contribution in [0, 0.1) is 6.92 Å². The Bertz CT molecular complexity index is 781. The van der Waals surface area contributed by atoms with Crippen molar-refractivity contribution in [3.63, 3.8) is 0 Å². The number of fused-ring (bicyclic) bond motifs is 1. The number of aromatic nitrogens is 1. The van der Waals surface area contributed by atoms with E-state index >= 15 is 0 Å². The molecule has 0 spiro atoms. The number of rotatable bonds is 11. The molecule has 2 N–H and O–H groups in total. The average Bonchev–Trinajstić information content (AvgIpc) is 2.55. The van der Waals surface area contributed by atoms with Crippen molar-refractivity contribution in [2.24, 2.45) is 0 Å². The van der Waals surface area contributed by atoms with E-state index in [-0.39, 0.29) is 0 Å². The predicted molar refractivity (Wildman–Crippen MR) is 103 cm³/mol. The van der Waals surface area contributed by atoms with Crippen LogP contribution in [-0.2, 0) is 9.15 Å². The summed E-state index contributed by atoms with van der Waals surface area (Å²) in [5.41, 5.74) is 2.11. The highest BCUT2D eigenvalue weighted by Gasteiger charge is 2.04. The van der Waals surface area contributed by atoms with Gasteiger partial charge in [0.15, 0.2) is 0 Å². The Morgan fingerprint density at radius 2 is 2.00 bits per heavy atom. The summed E-state index contributed by atoms with van der Waals surface area (Å²) in [4.78, 5) is 4.52. The molecule has 8 heteroatoms. The number of pyridine rings is 1. The summed E-state index contributed by atoms with van der Waals surface area (Å²) in [6.45, 7) is 4.06. The second-order valence-electron chi connectivity index (χ2n) is 5.70. The fraction of sp³-hybridized carbons (Fsp3) is 0.471. The maximum atomic E-state index is 10.5. The average molecular weight is 385 g/mol. The summed E-state index contributed by atoms with van der Waals surface area (Å²) in [6.07, 6.45) is 2.95. The van der Waals surface area contributed by atoms with Crippen molar-refractivity contribution in [3.05, 3.63) is 35.9 Å². The summed E-state index contributed by atoms with van der Waals surface area (Å²) >= 11 is 0. The normalized spacial score (nSPS) is 11.8. The number of benzene rings is 1. The first-order chi connectivity index (χ1) is 12.0. The molecule has 1 heterocycles. The molecule has 0 saturated carbocycles. The number of para-hydroxylation sites is 1. The lowest BCUT2D eigenvalue weighted by atomic mass is 10.1. The molecule has 6 nitrogen and oxygen atoms in total. The van der Waals surface area contributed by atoms with E-state index in [1.807, 2.05) is 24.3 Å². The Balaban J connectivity index is 1.58. The maximum absolute atomic E-state index is 10.5. The maximum Gasteiger partial charge on any atom is 0.319 e. The molecule has 1 aromatic carbocycles. The van der Waals surface area contributed by atoms with Gasteiger partial charge >= 0.3 is 9.15 Å². The van der Waals surface area contributed by atoms with Gasteiger partial charge in [-0.25, -0.2) is 4.98 Å². The molecule has 0 unspecified atom stereocenters. The predicted octanol–water partition coefficient (Wildman–Crippen LogP) is 3.22. The molecule has 0 aliphatic carbocycles.